The first-order chi connectivity index (χ1) is 8.03. The maximum absolute atomic E-state index is 11.4. The number of nitrogens with one attached hydrogen (secondary N) is 1. The lowest BCUT2D eigenvalue weighted by Gasteiger charge is -2.22. The Hall–Kier alpha value is -0.860. The summed E-state index contributed by atoms with van der Waals surface area (Å²) in [7, 11) is -3.51. The minimum absolute atomic E-state index is 0.111. The van der Waals surface area contributed by atoms with E-state index in [4.69, 9.17) is 9.84 Å². The summed E-state index contributed by atoms with van der Waals surface area (Å²) in [6, 6.07) is -0.610. The Morgan fingerprint density at radius 2 is 1.94 bits per heavy atom. The second-order valence-corrected chi connectivity index (χ2v) is 6.48. The molecule has 0 unspecified atom stereocenters. The van der Waals surface area contributed by atoms with Crippen LogP contribution in [-0.4, -0.2) is 50.7 Å². The van der Waals surface area contributed by atoms with E-state index in [1.165, 1.54) is 0 Å². The van der Waals surface area contributed by atoms with Crippen LogP contribution in [0.4, 0.5) is 4.79 Å². The Morgan fingerprint density at radius 1 is 1.39 bits per heavy atom. The molecule has 0 saturated heterocycles. The van der Waals surface area contributed by atoms with Gasteiger partial charge in [0.1, 0.15) is 5.60 Å². The molecule has 0 aliphatic heterocycles. The number of alkyl carbamates (subject to hydrolysis) is 1. The normalized spacial score (nSPS) is 14.1. The molecule has 0 aliphatic rings. The average molecular weight is 283 g/mol. The fraction of sp³-hybridized carbons (Fsp3) is 0.900. The van der Waals surface area contributed by atoms with Crippen molar-refractivity contribution < 1.29 is 27.2 Å². The molecular weight excluding hydrogens is 262 g/mol. The third-order valence-corrected chi connectivity index (χ3v) is 2.30. The zero-order valence-electron chi connectivity index (χ0n) is 11.1. The maximum atomic E-state index is 11.4. The van der Waals surface area contributed by atoms with Gasteiger partial charge in [0.2, 0.25) is 0 Å². The highest BCUT2D eigenvalue weighted by molar-refractivity contribution is 7.85. The summed E-state index contributed by atoms with van der Waals surface area (Å²) in [5.74, 6) is 0. The predicted octanol–water partition coefficient (Wildman–Crippen LogP) is 0.238. The van der Waals surface area contributed by atoms with E-state index in [0.29, 0.717) is 0 Å². The van der Waals surface area contributed by atoms with E-state index in [-0.39, 0.29) is 19.6 Å². The van der Waals surface area contributed by atoms with Crippen molar-refractivity contribution in [3.05, 3.63) is 0 Å². The summed E-state index contributed by atoms with van der Waals surface area (Å²) in [6.45, 7) is 4.71. The first-order valence-corrected chi connectivity index (χ1v) is 7.30. The van der Waals surface area contributed by atoms with E-state index < -0.39 is 27.9 Å². The first-order valence-electron chi connectivity index (χ1n) is 5.48. The number of aliphatic hydroxyl groups excluding tert-OH is 1. The SMILES string of the molecule is CC(C)(C)OC(=O)N[C@@H](CO)CCOS(C)(=O)=O. The number of hydrogen-bond donors (Lipinski definition) is 2. The third kappa shape index (κ3) is 10.3. The molecular formula is C10H21NO6S. The minimum Gasteiger partial charge on any atom is -0.444 e. The van der Waals surface area contributed by atoms with Gasteiger partial charge in [0.15, 0.2) is 0 Å². The second kappa shape index (κ2) is 6.91. The van der Waals surface area contributed by atoms with E-state index in [2.05, 4.69) is 9.50 Å². The lowest BCUT2D eigenvalue weighted by molar-refractivity contribution is 0.0474. The second-order valence-electron chi connectivity index (χ2n) is 4.84. The largest absolute Gasteiger partial charge is 0.444 e. The van der Waals surface area contributed by atoms with E-state index in [1.807, 2.05) is 0 Å². The van der Waals surface area contributed by atoms with Gasteiger partial charge < -0.3 is 15.2 Å². The summed E-state index contributed by atoms with van der Waals surface area (Å²) in [5.41, 5.74) is -0.632. The number of hydrogen-bond acceptors (Lipinski definition) is 6. The van der Waals surface area contributed by atoms with Crippen LogP contribution in [0.3, 0.4) is 0 Å². The van der Waals surface area contributed by atoms with Gasteiger partial charge in [0.25, 0.3) is 10.1 Å². The number of carbonyl (C=O) groups excluding carboxylic acids is 1. The van der Waals surface area contributed by atoms with Crippen molar-refractivity contribution in [3.8, 4) is 0 Å². The summed E-state index contributed by atoms with van der Waals surface area (Å²) in [5, 5.41) is 11.5. The van der Waals surface area contributed by atoms with E-state index >= 15 is 0 Å². The molecule has 0 rings (SSSR count). The Balaban J connectivity index is 4.08. The van der Waals surface area contributed by atoms with Gasteiger partial charge in [-0.05, 0) is 27.2 Å². The highest BCUT2D eigenvalue weighted by Gasteiger charge is 2.19. The molecule has 8 heteroatoms. The van der Waals surface area contributed by atoms with Gasteiger partial charge >= 0.3 is 6.09 Å². The van der Waals surface area contributed by atoms with Gasteiger partial charge in [-0.15, -0.1) is 0 Å². The summed E-state index contributed by atoms with van der Waals surface area (Å²) in [4.78, 5) is 11.4. The monoisotopic (exact) mass is 283 g/mol. The Labute approximate surface area is 108 Å². The van der Waals surface area contributed by atoms with Gasteiger partial charge in [0, 0.05) is 0 Å². The number of amides is 1. The quantitative estimate of drug-likeness (QED) is 0.677. The van der Waals surface area contributed by atoms with Gasteiger partial charge in [-0.1, -0.05) is 0 Å². The number of ether oxygens (including phenoxy) is 1. The van der Waals surface area contributed by atoms with Gasteiger partial charge in [-0.2, -0.15) is 8.42 Å². The molecule has 0 aliphatic carbocycles. The van der Waals surface area contributed by atoms with Crippen LogP contribution in [0.2, 0.25) is 0 Å². The molecule has 0 saturated carbocycles. The van der Waals surface area contributed by atoms with Crippen molar-refractivity contribution in [2.24, 2.45) is 0 Å². The molecule has 0 heterocycles. The molecule has 0 fully saturated rings. The fourth-order valence-corrected chi connectivity index (χ4v) is 1.42. The standard InChI is InChI=1S/C10H21NO6S/c1-10(2,3)17-9(13)11-8(7-12)5-6-16-18(4,14)15/h8,12H,5-7H2,1-4H3,(H,11,13)/t8-/m1/s1. The van der Waals surface area contributed by atoms with Crippen LogP contribution in [0.15, 0.2) is 0 Å². The van der Waals surface area contributed by atoms with Crippen LogP contribution in [-0.2, 0) is 19.0 Å². The van der Waals surface area contributed by atoms with Gasteiger partial charge in [-0.3, -0.25) is 4.18 Å². The number of aliphatic hydroxyl groups is 1. The Kier molecular flexibility index (Phi) is 6.58. The number of rotatable bonds is 6. The highest BCUT2D eigenvalue weighted by atomic mass is 32.2. The molecule has 2 N–H and O–H groups in total. The Bertz CT molecular complexity index is 359. The Morgan fingerprint density at radius 3 is 2.33 bits per heavy atom. The molecule has 0 aromatic carbocycles. The van der Waals surface area contributed by atoms with Crippen LogP contribution < -0.4 is 5.32 Å². The maximum Gasteiger partial charge on any atom is 0.407 e. The predicted molar refractivity (Wildman–Crippen MR) is 65.7 cm³/mol. The molecule has 0 bridgehead atoms. The minimum atomic E-state index is -3.51. The van der Waals surface area contributed by atoms with Crippen LogP contribution >= 0.6 is 0 Å². The van der Waals surface area contributed by atoms with Crippen molar-refractivity contribution >= 4 is 16.2 Å². The summed E-state index contributed by atoms with van der Waals surface area (Å²) < 4.78 is 30.9. The third-order valence-electron chi connectivity index (χ3n) is 1.70. The van der Waals surface area contributed by atoms with E-state index in [9.17, 15) is 13.2 Å². The zero-order valence-corrected chi connectivity index (χ0v) is 11.9. The lowest BCUT2D eigenvalue weighted by atomic mass is 10.2. The van der Waals surface area contributed by atoms with Crippen LogP contribution in [0, 0.1) is 0 Å². The number of carbonyl (C=O) groups is 1. The molecule has 1 atom stereocenters. The first kappa shape index (κ1) is 17.1. The molecule has 1 amide bonds. The molecule has 108 valence electrons. The topological polar surface area (TPSA) is 102 Å². The summed E-state index contributed by atoms with van der Waals surface area (Å²) in [6.07, 6.45) is 0.436. The van der Waals surface area contributed by atoms with Crippen molar-refractivity contribution in [2.45, 2.75) is 38.8 Å². The molecule has 0 aromatic heterocycles. The van der Waals surface area contributed by atoms with Crippen LogP contribution in [0.25, 0.3) is 0 Å². The molecule has 0 radical (unpaired) electrons. The molecule has 0 spiro atoms. The van der Waals surface area contributed by atoms with Crippen LogP contribution in [0.5, 0.6) is 0 Å². The van der Waals surface area contributed by atoms with Gasteiger partial charge in [0.05, 0.1) is 25.5 Å². The van der Waals surface area contributed by atoms with Gasteiger partial charge in [-0.25, -0.2) is 4.79 Å². The molecule has 18 heavy (non-hydrogen) atoms. The van der Waals surface area contributed by atoms with Crippen LogP contribution in [0.1, 0.15) is 27.2 Å². The van der Waals surface area contributed by atoms with Crippen molar-refractivity contribution in [2.75, 3.05) is 19.5 Å². The smallest absolute Gasteiger partial charge is 0.407 e. The highest BCUT2D eigenvalue weighted by Crippen LogP contribution is 2.07. The average Bonchev–Trinajstić information content (AvgIpc) is 2.11. The fourth-order valence-electron chi connectivity index (χ4n) is 1.03. The van der Waals surface area contributed by atoms with Crippen molar-refractivity contribution in [1.29, 1.82) is 0 Å². The zero-order chi connectivity index (χ0) is 14.4. The van der Waals surface area contributed by atoms with Crippen molar-refractivity contribution in [1.82, 2.24) is 5.32 Å². The van der Waals surface area contributed by atoms with E-state index in [0.717, 1.165) is 6.26 Å². The van der Waals surface area contributed by atoms with Crippen molar-refractivity contribution in [3.63, 3.8) is 0 Å². The lowest BCUT2D eigenvalue weighted by Crippen LogP contribution is -2.41. The molecule has 7 nitrogen and oxygen atoms in total. The summed E-state index contributed by atoms with van der Waals surface area (Å²) >= 11 is 0. The molecule has 0 aromatic rings. The van der Waals surface area contributed by atoms with E-state index in [1.54, 1.807) is 20.8 Å².